The van der Waals surface area contributed by atoms with Crippen LogP contribution in [0.1, 0.15) is 53.2 Å². The number of hydrogen-bond acceptors (Lipinski definition) is 4. The van der Waals surface area contributed by atoms with E-state index < -0.39 is 5.41 Å². The molecule has 0 aromatic carbocycles. The minimum absolute atomic E-state index is 0. The minimum Gasteiger partial charge on any atom is -0.443 e. The minimum atomic E-state index is -0.654. The van der Waals surface area contributed by atoms with E-state index in [1.165, 1.54) is 0 Å². The molecule has 138 valence electrons. The van der Waals surface area contributed by atoms with E-state index in [0.29, 0.717) is 31.5 Å². The summed E-state index contributed by atoms with van der Waals surface area (Å²) >= 11 is 0. The molecule has 0 unspecified atom stereocenters. The van der Waals surface area contributed by atoms with Crippen LogP contribution in [0.25, 0.3) is 0 Å². The molecule has 1 amide bonds. The maximum atomic E-state index is 11.4. The van der Waals surface area contributed by atoms with Gasteiger partial charge in [-0.3, -0.25) is 4.79 Å². The Bertz CT molecular complexity index is 561. The third-order valence-electron chi connectivity index (χ3n) is 3.37. The van der Waals surface area contributed by atoms with Crippen molar-refractivity contribution in [2.24, 2.45) is 16.1 Å². The molecule has 1 aromatic rings. The first kappa shape index (κ1) is 22.7. The Balaban J connectivity index is 0.00000529. The molecule has 0 fully saturated rings. The van der Waals surface area contributed by atoms with Crippen molar-refractivity contribution in [2.45, 2.75) is 53.5 Å². The van der Waals surface area contributed by atoms with Gasteiger partial charge in [0.1, 0.15) is 12.3 Å². The van der Waals surface area contributed by atoms with Crippen molar-refractivity contribution < 1.29 is 9.21 Å². The van der Waals surface area contributed by atoms with Crippen LogP contribution in [0.5, 0.6) is 0 Å². The second kappa shape index (κ2) is 9.24. The number of amides is 1. The third-order valence-corrected chi connectivity index (χ3v) is 3.37. The van der Waals surface area contributed by atoms with Gasteiger partial charge in [-0.05, 0) is 20.8 Å². The molecule has 24 heavy (non-hydrogen) atoms. The number of aromatic nitrogens is 1. The maximum absolute atomic E-state index is 11.4. The summed E-state index contributed by atoms with van der Waals surface area (Å²) in [6, 6.07) is 0. The topological polar surface area (TPSA) is 106 Å². The fourth-order valence-electron chi connectivity index (χ4n) is 1.61. The zero-order valence-corrected chi connectivity index (χ0v) is 17.7. The molecule has 0 aliphatic rings. The fraction of sp³-hybridized carbons (Fsp3) is 0.688. The molecule has 0 aliphatic carbocycles. The fourth-order valence-corrected chi connectivity index (χ4v) is 1.61. The zero-order valence-electron chi connectivity index (χ0n) is 15.4. The molecular formula is C16H30IN5O2. The van der Waals surface area contributed by atoms with Gasteiger partial charge in [0.2, 0.25) is 11.8 Å². The number of nitrogens with zero attached hydrogens (tertiary/aromatic N) is 2. The number of nitrogens with two attached hydrogens (primary N) is 1. The molecule has 7 nitrogen and oxygen atoms in total. The second-order valence-electron chi connectivity index (χ2n) is 7.17. The van der Waals surface area contributed by atoms with E-state index in [4.69, 9.17) is 10.2 Å². The first-order chi connectivity index (χ1) is 10.6. The number of hydrogen-bond donors (Lipinski definition) is 3. The van der Waals surface area contributed by atoms with Gasteiger partial charge in [-0.25, -0.2) is 9.98 Å². The molecule has 0 spiro atoms. The Kier molecular flexibility index (Phi) is 8.73. The van der Waals surface area contributed by atoms with E-state index in [1.54, 1.807) is 20.0 Å². The first-order valence-corrected chi connectivity index (χ1v) is 7.83. The number of nitrogens with one attached hydrogen (secondary N) is 2. The van der Waals surface area contributed by atoms with Crippen LogP contribution in [0.4, 0.5) is 0 Å². The zero-order chi connectivity index (χ0) is 17.7. The van der Waals surface area contributed by atoms with Crippen LogP contribution in [0.2, 0.25) is 0 Å². The molecular weight excluding hydrogens is 421 g/mol. The van der Waals surface area contributed by atoms with E-state index in [2.05, 4.69) is 41.4 Å². The van der Waals surface area contributed by atoms with Gasteiger partial charge in [0.25, 0.3) is 0 Å². The smallest absolute Gasteiger partial charge is 0.224 e. The lowest BCUT2D eigenvalue weighted by Crippen LogP contribution is -2.46. The van der Waals surface area contributed by atoms with Crippen LogP contribution in [-0.4, -0.2) is 29.9 Å². The lowest BCUT2D eigenvalue weighted by atomic mass is 9.93. The predicted molar refractivity (Wildman–Crippen MR) is 106 cm³/mol. The van der Waals surface area contributed by atoms with Crippen molar-refractivity contribution in [3.05, 3.63) is 17.8 Å². The van der Waals surface area contributed by atoms with Gasteiger partial charge in [0.05, 0.1) is 11.6 Å². The molecule has 0 saturated heterocycles. The summed E-state index contributed by atoms with van der Waals surface area (Å²) in [7, 11) is 0. The Morgan fingerprint density at radius 2 is 1.92 bits per heavy atom. The first-order valence-electron chi connectivity index (χ1n) is 7.83. The van der Waals surface area contributed by atoms with Gasteiger partial charge >= 0.3 is 0 Å². The lowest BCUT2D eigenvalue weighted by Gasteiger charge is -2.22. The number of guanidine groups is 1. The van der Waals surface area contributed by atoms with Gasteiger partial charge in [0, 0.05) is 18.5 Å². The summed E-state index contributed by atoms with van der Waals surface area (Å²) in [4.78, 5) is 20.0. The highest BCUT2D eigenvalue weighted by atomic mass is 127. The number of carbonyl (C=O) groups excluding carboxylic acids is 1. The lowest BCUT2D eigenvalue weighted by molar-refractivity contribution is -0.125. The summed E-state index contributed by atoms with van der Waals surface area (Å²) < 4.78 is 5.71. The number of halogens is 1. The highest BCUT2D eigenvalue weighted by molar-refractivity contribution is 14.0. The summed E-state index contributed by atoms with van der Waals surface area (Å²) in [5.74, 6) is 1.62. The molecule has 0 bridgehead atoms. The van der Waals surface area contributed by atoms with Crippen molar-refractivity contribution in [1.82, 2.24) is 15.6 Å². The van der Waals surface area contributed by atoms with Crippen molar-refractivity contribution in [3.63, 3.8) is 0 Å². The molecule has 0 radical (unpaired) electrons. The van der Waals surface area contributed by atoms with Crippen LogP contribution in [0.3, 0.4) is 0 Å². The van der Waals surface area contributed by atoms with Gasteiger partial charge < -0.3 is 20.8 Å². The van der Waals surface area contributed by atoms with Crippen LogP contribution in [-0.2, 0) is 16.8 Å². The van der Waals surface area contributed by atoms with Gasteiger partial charge in [0.15, 0.2) is 5.96 Å². The SMILES string of the molecule is CCNC(=NCc1ncc(C(C)(C)C)o1)NCC(C)(C)C(N)=O.I. The quantitative estimate of drug-likeness (QED) is 0.349. The molecule has 1 heterocycles. The Morgan fingerprint density at radius 1 is 1.29 bits per heavy atom. The van der Waals surface area contributed by atoms with Gasteiger partial charge in [-0.1, -0.05) is 20.8 Å². The maximum Gasteiger partial charge on any atom is 0.224 e. The average Bonchev–Trinajstić information content (AvgIpc) is 2.90. The summed E-state index contributed by atoms with van der Waals surface area (Å²) in [6.07, 6.45) is 1.74. The van der Waals surface area contributed by atoms with Crippen LogP contribution in [0.15, 0.2) is 15.6 Å². The summed E-state index contributed by atoms with van der Waals surface area (Å²) in [5, 5.41) is 6.24. The standard InChI is InChI=1S/C16H29N5O2.HI/c1-7-18-14(21-10-16(5,6)13(17)22)20-9-12-19-8-11(23-12)15(2,3)4;/h8H,7,9-10H2,1-6H3,(H2,17,22)(H2,18,20,21);1H. The van der Waals surface area contributed by atoms with Crippen LogP contribution in [0, 0.1) is 5.41 Å². The Labute approximate surface area is 161 Å². The monoisotopic (exact) mass is 451 g/mol. The van der Waals surface area contributed by atoms with E-state index >= 15 is 0 Å². The van der Waals surface area contributed by atoms with Crippen LogP contribution < -0.4 is 16.4 Å². The molecule has 1 rings (SSSR count). The van der Waals surface area contributed by atoms with Crippen molar-refractivity contribution >= 4 is 35.8 Å². The van der Waals surface area contributed by atoms with E-state index in [9.17, 15) is 4.79 Å². The van der Waals surface area contributed by atoms with Crippen LogP contribution >= 0.6 is 24.0 Å². The average molecular weight is 451 g/mol. The second-order valence-corrected chi connectivity index (χ2v) is 7.17. The number of primary amides is 1. The van der Waals surface area contributed by atoms with E-state index in [1.807, 2.05) is 6.92 Å². The predicted octanol–water partition coefficient (Wildman–Crippen LogP) is 2.16. The molecule has 0 aliphatic heterocycles. The van der Waals surface area contributed by atoms with Gasteiger partial charge in [-0.2, -0.15) is 0 Å². The molecule has 8 heteroatoms. The molecule has 0 saturated carbocycles. The Hall–Kier alpha value is -1.32. The van der Waals surface area contributed by atoms with Gasteiger partial charge in [-0.15, -0.1) is 24.0 Å². The van der Waals surface area contributed by atoms with E-state index in [0.717, 1.165) is 5.76 Å². The van der Waals surface area contributed by atoms with Crippen molar-refractivity contribution in [1.29, 1.82) is 0 Å². The third kappa shape index (κ3) is 7.06. The van der Waals surface area contributed by atoms with Crippen molar-refractivity contribution in [3.8, 4) is 0 Å². The largest absolute Gasteiger partial charge is 0.443 e. The molecule has 1 aromatic heterocycles. The Morgan fingerprint density at radius 3 is 2.38 bits per heavy atom. The highest BCUT2D eigenvalue weighted by Crippen LogP contribution is 2.22. The van der Waals surface area contributed by atoms with E-state index in [-0.39, 0.29) is 35.3 Å². The number of rotatable bonds is 6. The molecule has 4 N–H and O–H groups in total. The number of carbonyl (C=O) groups is 1. The normalized spacial score (nSPS) is 12.5. The summed E-state index contributed by atoms with van der Waals surface area (Å²) in [5.41, 5.74) is 4.64. The number of oxazole rings is 1. The summed E-state index contributed by atoms with van der Waals surface area (Å²) in [6.45, 7) is 13.2. The molecule has 0 atom stereocenters. The highest BCUT2D eigenvalue weighted by Gasteiger charge is 2.25. The van der Waals surface area contributed by atoms with Crippen molar-refractivity contribution in [2.75, 3.05) is 13.1 Å². The number of aliphatic imine (C=N–C) groups is 1.